The lowest BCUT2D eigenvalue weighted by atomic mass is 10.1. The molecule has 5 heteroatoms. The molecule has 3 aromatic rings. The van der Waals surface area contributed by atoms with Gasteiger partial charge in [-0.3, -0.25) is 0 Å². The summed E-state index contributed by atoms with van der Waals surface area (Å²) in [7, 11) is 4.06. The highest BCUT2D eigenvalue weighted by Crippen LogP contribution is 2.23. The van der Waals surface area contributed by atoms with Gasteiger partial charge in [-0.05, 0) is 62.2 Å². The fourth-order valence-electron chi connectivity index (χ4n) is 2.69. The third-order valence-corrected chi connectivity index (χ3v) is 4.36. The van der Waals surface area contributed by atoms with Crippen molar-refractivity contribution in [2.45, 2.75) is 20.8 Å². The van der Waals surface area contributed by atoms with Crippen molar-refractivity contribution in [3.05, 3.63) is 65.4 Å². The van der Waals surface area contributed by atoms with Gasteiger partial charge in [0.1, 0.15) is 5.82 Å². The van der Waals surface area contributed by atoms with Crippen molar-refractivity contribution in [3.63, 3.8) is 0 Å². The van der Waals surface area contributed by atoms with Crippen LogP contribution in [0.3, 0.4) is 0 Å². The number of benzene rings is 2. The Bertz CT molecular complexity index is 901. The Balaban J connectivity index is 1.82. The molecule has 0 amide bonds. The number of hydrogen-bond donors (Lipinski definition) is 2. The van der Waals surface area contributed by atoms with Crippen LogP contribution in [0.4, 0.5) is 28.8 Å². The summed E-state index contributed by atoms with van der Waals surface area (Å²) in [6.07, 6.45) is 0. The van der Waals surface area contributed by atoms with Gasteiger partial charge in [-0.1, -0.05) is 12.1 Å². The number of anilines is 5. The van der Waals surface area contributed by atoms with E-state index in [1.807, 2.05) is 51.4 Å². The molecule has 0 aliphatic rings. The lowest BCUT2D eigenvalue weighted by Gasteiger charge is -2.14. The molecule has 0 aliphatic heterocycles. The van der Waals surface area contributed by atoms with Crippen LogP contribution in [0.25, 0.3) is 0 Å². The molecule has 1 aromatic heterocycles. The van der Waals surface area contributed by atoms with E-state index >= 15 is 0 Å². The molecule has 0 radical (unpaired) electrons. The molecule has 0 fully saturated rings. The van der Waals surface area contributed by atoms with E-state index in [9.17, 15) is 0 Å². The van der Waals surface area contributed by atoms with Crippen LogP contribution in [-0.4, -0.2) is 24.1 Å². The number of rotatable bonds is 5. The first kappa shape index (κ1) is 17.7. The van der Waals surface area contributed by atoms with Crippen molar-refractivity contribution >= 4 is 28.8 Å². The summed E-state index contributed by atoms with van der Waals surface area (Å²) in [5.74, 6) is 1.36. The monoisotopic (exact) mass is 347 g/mol. The van der Waals surface area contributed by atoms with Crippen LogP contribution < -0.4 is 15.5 Å². The van der Waals surface area contributed by atoms with E-state index in [1.165, 1.54) is 11.1 Å². The van der Waals surface area contributed by atoms with E-state index in [1.54, 1.807) is 0 Å². The number of nitrogens with one attached hydrogen (secondary N) is 2. The maximum atomic E-state index is 4.61. The van der Waals surface area contributed by atoms with Crippen molar-refractivity contribution in [2.24, 2.45) is 0 Å². The molecule has 2 aromatic carbocycles. The highest BCUT2D eigenvalue weighted by Gasteiger charge is 2.06. The molecule has 0 spiro atoms. The van der Waals surface area contributed by atoms with E-state index in [0.717, 1.165) is 28.6 Å². The molecule has 0 saturated carbocycles. The first-order chi connectivity index (χ1) is 12.4. The highest BCUT2D eigenvalue weighted by atomic mass is 15.1. The molecule has 3 rings (SSSR count). The van der Waals surface area contributed by atoms with E-state index in [-0.39, 0.29) is 0 Å². The third kappa shape index (κ3) is 4.11. The Labute approximate surface area is 155 Å². The van der Waals surface area contributed by atoms with Gasteiger partial charge in [0.2, 0.25) is 5.95 Å². The van der Waals surface area contributed by atoms with Gasteiger partial charge in [0.05, 0.1) is 0 Å². The highest BCUT2D eigenvalue weighted by molar-refractivity contribution is 5.64. The largest absolute Gasteiger partial charge is 0.378 e. The van der Waals surface area contributed by atoms with Crippen LogP contribution in [0, 0.1) is 20.8 Å². The Hall–Kier alpha value is -3.08. The zero-order valence-electron chi connectivity index (χ0n) is 16.0. The average molecular weight is 347 g/mol. The first-order valence-corrected chi connectivity index (χ1v) is 8.66. The summed E-state index contributed by atoms with van der Waals surface area (Å²) in [5, 5.41) is 6.69. The Morgan fingerprint density at radius 3 is 2.27 bits per heavy atom. The summed E-state index contributed by atoms with van der Waals surface area (Å²) in [4.78, 5) is 11.2. The van der Waals surface area contributed by atoms with Gasteiger partial charge in [-0.2, -0.15) is 4.98 Å². The standard InChI is InChI=1S/C21H25N5/c1-14-7-6-8-19(16(14)3)24-21-22-15(2)13-20(25-21)23-17-9-11-18(12-10-17)26(4)5/h6-13H,1-5H3,(H2,22,23,24,25). The molecule has 0 saturated heterocycles. The van der Waals surface area contributed by atoms with Gasteiger partial charge in [0.25, 0.3) is 0 Å². The van der Waals surface area contributed by atoms with E-state index in [0.29, 0.717) is 5.95 Å². The minimum Gasteiger partial charge on any atom is -0.378 e. The zero-order valence-corrected chi connectivity index (χ0v) is 16.0. The van der Waals surface area contributed by atoms with Crippen LogP contribution in [0.5, 0.6) is 0 Å². The van der Waals surface area contributed by atoms with E-state index in [4.69, 9.17) is 0 Å². The zero-order chi connectivity index (χ0) is 18.7. The predicted octanol–water partition coefficient (Wildman–Crippen LogP) is 4.96. The van der Waals surface area contributed by atoms with Gasteiger partial charge < -0.3 is 15.5 Å². The van der Waals surface area contributed by atoms with Crippen molar-refractivity contribution in [3.8, 4) is 0 Å². The molecular formula is C21H25N5. The minimum absolute atomic E-state index is 0.589. The van der Waals surface area contributed by atoms with Gasteiger partial charge in [-0.25, -0.2) is 4.98 Å². The second-order valence-corrected chi connectivity index (χ2v) is 6.66. The van der Waals surface area contributed by atoms with Crippen LogP contribution in [-0.2, 0) is 0 Å². The van der Waals surface area contributed by atoms with Gasteiger partial charge in [0.15, 0.2) is 0 Å². The van der Waals surface area contributed by atoms with Crippen LogP contribution in [0.1, 0.15) is 16.8 Å². The predicted molar refractivity (Wildman–Crippen MR) is 110 cm³/mol. The number of aromatic nitrogens is 2. The molecular weight excluding hydrogens is 322 g/mol. The van der Waals surface area contributed by atoms with Crippen molar-refractivity contribution in [2.75, 3.05) is 29.6 Å². The molecule has 2 N–H and O–H groups in total. The maximum absolute atomic E-state index is 4.61. The summed E-state index contributed by atoms with van der Waals surface area (Å²) < 4.78 is 0. The minimum atomic E-state index is 0.589. The Morgan fingerprint density at radius 2 is 1.58 bits per heavy atom. The van der Waals surface area contributed by atoms with Crippen LogP contribution in [0.2, 0.25) is 0 Å². The molecule has 0 unspecified atom stereocenters. The molecule has 1 heterocycles. The van der Waals surface area contributed by atoms with Gasteiger partial charge in [0, 0.05) is 42.9 Å². The first-order valence-electron chi connectivity index (χ1n) is 8.66. The quantitative estimate of drug-likeness (QED) is 0.683. The molecule has 26 heavy (non-hydrogen) atoms. The lowest BCUT2D eigenvalue weighted by Crippen LogP contribution is -2.08. The summed E-state index contributed by atoms with van der Waals surface area (Å²) in [6, 6.07) is 16.4. The maximum Gasteiger partial charge on any atom is 0.229 e. The fourth-order valence-corrected chi connectivity index (χ4v) is 2.69. The smallest absolute Gasteiger partial charge is 0.229 e. The summed E-state index contributed by atoms with van der Waals surface area (Å²) in [5.41, 5.74) is 6.52. The summed E-state index contributed by atoms with van der Waals surface area (Å²) in [6.45, 7) is 6.16. The SMILES string of the molecule is Cc1cc(Nc2ccc(N(C)C)cc2)nc(Nc2cccc(C)c2C)n1. The van der Waals surface area contributed by atoms with Crippen LogP contribution >= 0.6 is 0 Å². The molecule has 0 bridgehead atoms. The molecule has 0 atom stereocenters. The topological polar surface area (TPSA) is 53.1 Å². The van der Waals surface area contributed by atoms with Crippen molar-refractivity contribution in [1.29, 1.82) is 0 Å². The Kier molecular flexibility index (Phi) is 5.07. The molecule has 5 nitrogen and oxygen atoms in total. The molecule has 0 aliphatic carbocycles. The van der Waals surface area contributed by atoms with Crippen molar-refractivity contribution < 1.29 is 0 Å². The van der Waals surface area contributed by atoms with E-state index in [2.05, 4.69) is 57.5 Å². The fraction of sp³-hybridized carbons (Fsp3) is 0.238. The number of hydrogen-bond acceptors (Lipinski definition) is 5. The number of aryl methyl sites for hydroxylation is 2. The second-order valence-electron chi connectivity index (χ2n) is 6.66. The van der Waals surface area contributed by atoms with Gasteiger partial charge >= 0.3 is 0 Å². The van der Waals surface area contributed by atoms with E-state index < -0.39 is 0 Å². The third-order valence-electron chi connectivity index (χ3n) is 4.36. The normalized spacial score (nSPS) is 10.5. The number of nitrogens with zero attached hydrogens (tertiary/aromatic N) is 3. The second kappa shape index (κ2) is 7.44. The van der Waals surface area contributed by atoms with Crippen molar-refractivity contribution in [1.82, 2.24) is 9.97 Å². The Morgan fingerprint density at radius 1 is 0.846 bits per heavy atom. The van der Waals surface area contributed by atoms with Crippen LogP contribution in [0.15, 0.2) is 48.5 Å². The molecule has 134 valence electrons. The van der Waals surface area contributed by atoms with Gasteiger partial charge in [-0.15, -0.1) is 0 Å². The lowest BCUT2D eigenvalue weighted by molar-refractivity contribution is 1.10. The average Bonchev–Trinajstić information content (AvgIpc) is 2.59. The summed E-state index contributed by atoms with van der Waals surface area (Å²) >= 11 is 0.